The molecule has 1 aliphatic rings. The van der Waals surface area contributed by atoms with Crippen LogP contribution in [0.25, 0.3) is 10.8 Å². The van der Waals surface area contributed by atoms with E-state index < -0.39 is 0 Å². The molecule has 1 heterocycles. The number of benzene rings is 3. The van der Waals surface area contributed by atoms with Gasteiger partial charge in [-0.15, -0.1) is 11.6 Å². The van der Waals surface area contributed by atoms with Crippen LogP contribution in [0, 0.1) is 0 Å². The van der Waals surface area contributed by atoms with Gasteiger partial charge in [0.2, 0.25) is 0 Å². The summed E-state index contributed by atoms with van der Waals surface area (Å²) in [5.74, 6) is 1.29. The number of methoxy groups -OCH3 is 1. The van der Waals surface area contributed by atoms with Crippen LogP contribution in [-0.2, 0) is 12.4 Å². The summed E-state index contributed by atoms with van der Waals surface area (Å²) in [6.45, 7) is 4.53. The van der Waals surface area contributed by atoms with Gasteiger partial charge in [-0.2, -0.15) is 0 Å². The predicted molar refractivity (Wildman–Crippen MR) is 108 cm³/mol. The van der Waals surface area contributed by atoms with E-state index in [0.29, 0.717) is 12.4 Å². The Morgan fingerprint density at radius 2 is 1.73 bits per heavy atom. The topological polar surface area (TPSA) is 29.5 Å². The van der Waals surface area contributed by atoms with Gasteiger partial charge in [0.25, 0.3) is 5.91 Å². The van der Waals surface area contributed by atoms with Gasteiger partial charge in [-0.1, -0.05) is 44.2 Å². The third kappa shape index (κ3) is 3.04. The summed E-state index contributed by atoms with van der Waals surface area (Å²) >= 11 is 6.05. The lowest BCUT2D eigenvalue weighted by Gasteiger charge is -2.18. The number of hydrogen-bond donors (Lipinski definition) is 0. The van der Waals surface area contributed by atoms with Crippen molar-refractivity contribution >= 4 is 34.0 Å². The molecule has 4 rings (SSSR count). The van der Waals surface area contributed by atoms with Crippen molar-refractivity contribution in [2.45, 2.75) is 26.3 Å². The second-order valence-corrected chi connectivity index (χ2v) is 6.11. The van der Waals surface area contributed by atoms with Crippen molar-refractivity contribution in [3.63, 3.8) is 0 Å². The molecule has 3 nitrogen and oxygen atoms in total. The summed E-state index contributed by atoms with van der Waals surface area (Å²) in [6.07, 6.45) is 0. The fourth-order valence-corrected chi connectivity index (χ4v) is 3.53. The Labute approximate surface area is 159 Å². The number of carbonyl (C=O) groups excluding carboxylic acids is 1. The molecule has 3 aromatic carbocycles. The first-order valence-corrected chi connectivity index (χ1v) is 9.31. The Bertz CT molecular complexity index is 935. The van der Waals surface area contributed by atoms with Crippen molar-refractivity contribution in [1.82, 2.24) is 0 Å². The highest BCUT2D eigenvalue weighted by molar-refractivity contribution is 6.26. The Balaban J connectivity index is 0.000000948. The van der Waals surface area contributed by atoms with Crippen LogP contribution in [0.1, 0.15) is 35.3 Å². The van der Waals surface area contributed by atoms with Crippen LogP contribution in [0.5, 0.6) is 5.75 Å². The molecule has 0 aliphatic carbocycles. The lowest BCUT2D eigenvalue weighted by molar-refractivity contribution is 0.0991. The first kappa shape index (κ1) is 18.3. The van der Waals surface area contributed by atoms with Crippen LogP contribution in [0.3, 0.4) is 0 Å². The van der Waals surface area contributed by atoms with Crippen molar-refractivity contribution in [3.8, 4) is 5.75 Å². The standard InChI is InChI=1S/C20H16ClNO2.C2H6/c1-24-15-8-5-13(6-9-15)12-22-18-10-7-14(11-21)16-3-2-4-17(19(16)18)20(22)23;1-2/h2-10H,11-12H2,1H3;1-2H3. The highest BCUT2D eigenvalue weighted by atomic mass is 35.5. The molecule has 0 saturated heterocycles. The van der Waals surface area contributed by atoms with Gasteiger partial charge in [-0.3, -0.25) is 4.79 Å². The Kier molecular flexibility index (Phi) is 5.48. The van der Waals surface area contributed by atoms with E-state index in [0.717, 1.165) is 38.9 Å². The number of alkyl halides is 1. The number of amides is 1. The number of rotatable bonds is 4. The molecule has 0 N–H and O–H groups in total. The maximum absolute atomic E-state index is 12.9. The molecule has 1 amide bonds. The van der Waals surface area contributed by atoms with Gasteiger partial charge in [0, 0.05) is 16.8 Å². The first-order valence-electron chi connectivity index (χ1n) is 8.78. The molecule has 3 aromatic rings. The zero-order chi connectivity index (χ0) is 18.7. The number of halogens is 1. The minimum Gasteiger partial charge on any atom is -0.497 e. The summed E-state index contributed by atoms with van der Waals surface area (Å²) in [5, 5.41) is 2.07. The molecule has 1 aliphatic heterocycles. The van der Waals surface area contributed by atoms with Crippen molar-refractivity contribution < 1.29 is 9.53 Å². The second kappa shape index (κ2) is 7.79. The van der Waals surface area contributed by atoms with Crippen molar-refractivity contribution in [2.75, 3.05) is 12.0 Å². The Morgan fingerprint density at radius 1 is 1.00 bits per heavy atom. The van der Waals surface area contributed by atoms with E-state index in [1.165, 1.54) is 0 Å². The zero-order valence-electron chi connectivity index (χ0n) is 15.3. The van der Waals surface area contributed by atoms with Crippen LogP contribution >= 0.6 is 11.6 Å². The summed E-state index contributed by atoms with van der Waals surface area (Å²) in [5.41, 5.74) is 3.82. The average molecular weight is 368 g/mol. The maximum atomic E-state index is 12.9. The molecule has 0 unspecified atom stereocenters. The average Bonchev–Trinajstić information content (AvgIpc) is 2.98. The van der Waals surface area contributed by atoms with E-state index in [1.54, 1.807) is 7.11 Å². The van der Waals surface area contributed by atoms with Crippen LogP contribution in [-0.4, -0.2) is 13.0 Å². The number of hydrogen-bond acceptors (Lipinski definition) is 2. The number of anilines is 1. The van der Waals surface area contributed by atoms with E-state index in [4.69, 9.17) is 16.3 Å². The van der Waals surface area contributed by atoms with E-state index in [2.05, 4.69) is 0 Å². The molecular formula is C22H22ClNO2. The molecule has 26 heavy (non-hydrogen) atoms. The van der Waals surface area contributed by atoms with Gasteiger partial charge in [0.15, 0.2) is 0 Å². The highest BCUT2D eigenvalue weighted by Gasteiger charge is 2.30. The van der Waals surface area contributed by atoms with Gasteiger partial charge >= 0.3 is 0 Å². The molecular weight excluding hydrogens is 346 g/mol. The normalized spacial score (nSPS) is 12.2. The monoisotopic (exact) mass is 367 g/mol. The van der Waals surface area contributed by atoms with Gasteiger partial charge in [-0.05, 0) is 40.8 Å². The predicted octanol–water partition coefficient (Wildman–Crippen LogP) is 5.77. The zero-order valence-corrected chi connectivity index (χ0v) is 16.0. The van der Waals surface area contributed by atoms with E-state index in [9.17, 15) is 4.79 Å². The number of ether oxygens (including phenoxy) is 1. The van der Waals surface area contributed by atoms with Gasteiger partial charge in [0.1, 0.15) is 5.75 Å². The SMILES string of the molecule is CC.COc1ccc(CN2C(=O)c3cccc4c(CCl)ccc2c34)cc1. The van der Waals surface area contributed by atoms with Gasteiger partial charge in [-0.25, -0.2) is 0 Å². The quantitative estimate of drug-likeness (QED) is 0.547. The fraction of sp³-hybridized carbons (Fsp3) is 0.227. The first-order chi connectivity index (χ1) is 12.7. The van der Waals surface area contributed by atoms with E-state index in [1.807, 2.05) is 73.3 Å². The van der Waals surface area contributed by atoms with E-state index in [-0.39, 0.29) is 5.91 Å². The van der Waals surface area contributed by atoms with Crippen molar-refractivity contribution in [2.24, 2.45) is 0 Å². The van der Waals surface area contributed by atoms with Crippen molar-refractivity contribution in [3.05, 3.63) is 71.3 Å². The molecule has 4 heteroatoms. The Hall–Kier alpha value is -2.52. The minimum absolute atomic E-state index is 0.0399. The smallest absolute Gasteiger partial charge is 0.259 e. The molecule has 0 aromatic heterocycles. The molecule has 0 bridgehead atoms. The molecule has 0 saturated carbocycles. The van der Waals surface area contributed by atoms with Crippen LogP contribution in [0.2, 0.25) is 0 Å². The van der Waals surface area contributed by atoms with Crippen LogP contribution in [0.15, 0.2) is 54.6 Å². The largest absolute Gasteiger partial charge is 0.497 e. The van der Waals surface area contributed by atoms with Crippen molar-refractivity contribution in [1.29, 1.82) is 0 Å². The summed E-state index contributed by atoms with van der Waals surface area (Å²) in [6, 6.07) is 17.6. The van der Waals surface area contributed by atoms with E-state index >= 15 is 0 Å². The third-order valence-electron chi connectivity index (χ3n) is 4.52. The second-order valence-electron chi connectivity index (χ2n) is 5.84. The Morgan fingerprint density at radius 3 is 2.38 bits per heavy atom. The summed E-state index contributed by atoms with van der Waals surface area (Å²) < 4.78 is 5.19. The van der Waals surface area contributed by atoms with Crippen LogP contribution in [0.4, 0.5) is 5.69 Å². The minimum atomic E-state index is 0.0399. The number of carbonyl (C=O) groups is 1. The molecule has 0 radical (unpaired) electrons. The van der Waals surface area contributed by atoms with Crippen LogP contribution < -0.4 is 9.64 Å². The molecule has 0 fully saturated rings. The highest BCUT2D eigenvalue weighted by Crippen LogP contribution is 2.40. The van der Waals surface area contributed by atoms with Gasteiger partial charge in [0.05, 0.1) is 19.3 Å². The van der Waals surface area contributed by atoms with Gasteiger partial charge < -0.3 is 9.64 Å². The molecule has 0 spiro atoms. The molecule has 0 atom stereocenters. The summed E-state index contributed by atoms with van der Waals surface area (Å²) in [7, 11) is 1.64. The maximum Gasteiger partial charge on any atom is 0.259 e. The molecule has 134 valence electrons. The summed E-state index contributed by atoms with van der Waals surface area (Å²) in [4.78, 5) is 14.7. The lowest BCUT2D eigenvalue weighted by atomic mass is 10.0. The lowest BCUT2D eigenvalue weighted by Crippen LogP contribution is -2.25. The third-order valence-corrected chi connectivity index (χ3v) is 4.81. The fourth-order valence-electron chi connectivity index (χ4n) is 3.29. The number of nitrogens with zero attached hydrogens (tertiary/aromatic N) is 1.